The fourth-order valence-corrected chi connectivity index (χ4v) is 0.849. The molecule has 1 aromatic heterocycles. The van der Waals surface area contributed by atoms with Crippen molar-refractivity contribution in [3.63, 3.8) is 0 Å². The minimum absolute atomic E-state index is 0.0400. The van der Waals surface area contributed by atoms with Crippen molar-refractivity contribution in [2.45, 2.75) is 6.18 Å². The molecule has 1 rings (SSSR count). The molecule has 7 heteroatoms. The minimum Gasteiger partial charge on any atom is -0.368 e. The fourth-order valence-electron chi connectivity index (χ4n) is 0.849. The molecule has 0 aromatic carbocycles. The van der Waals surface area contributed by atoms with Crippen molar-refractivity contribution in [3.05, 3.63) is 17.5 Å². The fraction of sp³-hybridized carbons (Fsp3) is 0.250. The van der Waals surface area contributed by atoms with Crippen LogP contribution < -0.4 is 11.5 Å². The summed E-state index contributed by atoms with van der Waals surface area (Å²) in [6, 6.07) is 0. The van der Waals surface area contributed by atoms with Crippen LogP contribution >= 0.6 is 0 Å². The summed E-state index contributed by atoms with van der Waals surface area (Å²) in [4.78, 5) is 6.53. The number of nitrogens with two attached hydrogens (primary N) is 2. The van der Waals surface area contributed by atoms with Gasteiger partial charge in [-0.25, -0.2) is 9.97 Å². The number of nitrogens with zero attached hydrogens (tertiary/aromatic N) is 2. The molecule has 80 valence electrons. The maximum Gasteiger partial charge on any atom is 0.434 e. The van der Waals surface area contributed by atoms with Gasteiger partial charge < -0.3 is 11.5 Å². The summed E-state index contributed by atoms with van der Waals surface area (Å²) in [6.07, 6.45) is -3.68. The van der Waals surface area contributed by atoms with Crippen LogP contribution in [0.2, 0.25) is 0 Å². The Bertz CT molecular complexity index is 416. The number of anilines is 1. The maximum absolute atomic E-state index is 12.4. The number of aromatic nitrogens is 2. The molecule has 4 N–H and O–H groups in total. The van der Waals surface area contributed by atoms with E-state index < -0.39 is 17.8 Å². The predicted molar refractivity (Wildman–Crippen MR) is 47.4 cm³/mol. The van der Waals surface area contributed by atoms with Crippen LogP contribution in [0.1, 0.15) is 11.3 Å². The van der Waals surface area contributed by atoms with Gasteiger partial charge in [-0.2, -0.15) is 13.2 Å². The molecule has 0 bridgehead atoms. The molecule has 0 atom stereocenters. The summed E-state index contributed by atoms with van der Waals surface area (Å²) in [5.74, 6) is 4.08. The Balaban J connectivity index is 3.27. The van der Waals surface area contributed by atoms with Crippen LogP contribution in [-0.4, -0.2) is 16.5 Å². The normalized spacial score (nSPS) is 10.7. The highest BCUT2D eigenvalue weighted by Gasteiger charge is 2.35. The molecule has 0 unspecified atom stereocenters. The molecule has 15 heavy (non-hydrogen) atoms. The van der Waals surface area contributed by atoms with E-state index in [9.17, 15) is 13.2 Å². The highest BCUT2D eigenvalue weighted by molar-refractivity contribution is 5.40. The van der Waals surface area contributed by atoms with Crippen molar-refractivity contribution in [2.24, 2.45) is 5.73 Å². The first-order valence-electron chi connectivity index (χ1n) is 3.84. The second kappa shape index (κ2) is 4.14. The largest absolute Gasteiger partial charge is 0.434 e. The molecule has 0 fully saturated rings. The van der Waals surface area contributed by atoms with E-state index in [1.54, 1.807) is 0 Å². The Hall–Kier alpha value is -1.81. The molecule has 0 saturated carbocycles. The third-order valence-corrected chi connectivity index (χ3v) is 1.40. The van der Waals surface area contributed by atoms with Crippen molar-refractivity contribution < 1.29 is 13.2 Å². The van der Waals surface area contributed by atoms with Crippen LogP contribution in [0.5, 0.6) is 0 Å². The smallest absolute Gasteiger partial charge is 0.368 e. The lowest BCUT2D eigenvalue weighted by atomic mass is 10.2. The van der Waals surface area contributed by atoms with Crippen molar-refractivity contribution in [1.29, 1.82) is 0 Å². The topological polar surface area (TPSA) is 77.8 Å². The average Bonchev–Trinajstić information content (AvgIpc) is 2.14. The number of hydrogen-bond donors (Lipinski definition) is 2. The van der Waals surface area contributed by atoms with Gasteiger partial charge in [-0.05, 0) is 0 Å². The van der Waals surface area contributed by atoms with Gasteiger partial charge in [0, 0.05) is 6.20 Å². The first-order valence-corrected chi connectivity index (χ1v) is 3.84. The number of halogens is 3. The van der Waals surface area contributed by atoms with E-state index in [2.05, 4.69) is 21.8 Å². The third-order valence-electron chi connectivity index (χ3n) is 1.40. The van der Waals surface area contributed by atoms with E-state index in [1.807, 2.05) is 0 Å². The van der Waals surface area contributed by atoms with Gasteiger partial charge in [-0.1, -0.05) is 11.8 Å². The van der Waals surface area contributed by atoms with Gasteiger partial charge in [-0.3, -0.25) is 0 Å². The molecule has 4 nitrogen and oxygen atoms in total. The van der Waals surface area contributed by atoms with Crippen LogP contribution in [0.15, 0.2) is 6.20 Å². The lowest BCUT2D eigenvalue weighted by Gasteiger charge is -2.07. The van der Waals surface area contributed by atoms with E-state index >= 15 is 0 Å². The Labute approximate surface area is 83.5 Å². The number of hydrogen-bond acceptors (Lipinski definition) is 4. The molecule has 0 aliphatic rings. The molecule has 0 aliphatic heterocycles. The lowest BCUT2D eigenvalue weighted by molar-refractivity contribution is -0.141. The van der Waals surface area contributed by atoms with Gasteiger partial charge in [0.15, 0.2) is 5.69 Å². The van der Waals surface area contributed by atoms with Crippen LogP contribution in [0.4, 0.5) is 19.1 Å². The van der Waals surface area contributed by atoms with Crippen LogP contribution in [0.3, 0.4) is 0 Å². The molecule has 1 aromatic rings. The quantitative estimate of drug-likeness (QED) is 0.615. The summed E-state index contributed by atoms with van der Waals surface area (Å²) < 4.78 is 37.2. The van der Waals surface area contributed by atoms with Crippen LogP contribution in [-0.2, 0) is 6.18 Å². The van der Waals surface area contributed by atoms with Crippen LogP contribution in [0.25, 0.3) is 0 Å². The average molecular weight is 216 g/mol. The summed E-state index contributed by atoms with van der Waals surface area (Å²) in [5, 5.41) is 0. The van der Waals surface area contributed by atoms with E-state index in [-0.39, 0.29) is 12.1 Å². The van der Waals surface area contributed by atoms with Gasteiger partial charge >= 0.3 is 6.18 Å². The number of rotatable bonds is 0. The van der Waals surface area contributed by atoms with E-state index in [0.717, 1.165) is 6.20 Å². The van der Waals surface area contributed by atoms with Gasteiger partial charge in [0.05, 0.1) is 12.1 Å². The molecule has 1 heterocycles. The summed E-state index contributed by atoms with van der Waals surface area (Å²) in [6.45, 7) is -0.0400. The predicted octanol–water partition coefficient (Wildman–Crippen LogP) is 0.388. The molecular formula is C8H7F3N4. The van der Waals surface area contributed by atoms with Crippen molar-refractivity contribution in [1.82, 2.24) is 9.97 Å². The Kier molecular flexibility index (Phi) is 3.11. The van der Waals surface area contributed by atoms with Crippen molar-refractivity contribution >= 4 is 5.95 Å². The van der Waals surface area contributed by atoms with Crippen LogP contribution in [0, 0.1) is 11.8 Å². The molecule has 0 aliphatic carbocycles. The molecule has 0 spiro atoms. The summed E-state index contributed by atoms with van der Waals surface area (Å²) >= 11 is 0. The first kappa shape index (κ1) is 11.3. The van der Waals surface area contributed by atoms with E-state index in [1.165, 1.54) is 0 Å². The van der Waals surface area contributed by atoms with E-state index in [0.29, 0.717) is 0 Å². The lowest BCUT2D eigenvalue weighted by Crippen LogP contribution is -2.13. The Morgan fingerprint density at radius 2 is 2.07 bits per heavy atom. The number of alkyl halides is 3. The second-order valence-corrected chi connectivity index (χ2v) is 2.49. The van der Waals surface area contributed by atoms with Crippen molar-refractivity contribution in [3.8, 4) is 11.8 Å². The molecular weight excluding hydrogens is 209 g/mol. The number of nitrogen functional groups attached to an aromatic ring is 1. The second-order valence-electron chi connectivity index (χ2n) is 2.49. The first-order chi connectivity index (χ1) is 6.95. The third kappa shape index (κ3) is 2.82. The highest BCUT2D eigenvalue weighted by Crippen LogP contribution is 2.29. The maximum atomic E-state index is 12.4. The van der Waals surface area contributed by atoms with E-state index in [4.69, 9.17) is 11.5 Å². The zero-order chi connectivity index (χ0) is 11.5. The minimum atomic E-state index is -4.60. The van der Waals surface area contributed by atoms with Gasteiger partial charge in [0.25, 0.3) is 0 Å². The Morgan fingerprint density at radius 1 is 1.40 bits per heavy atom. The Morgan fingerprint density at radius 3 is 2.60 bits per heavy atom. The van der Waals surface area contributed by atoms with Crippen molar-refractivity contribution in [2.75, 3.05) is 12.3 Å². The zero-order valence-corrected chi connectivity index (χ0v) is 7.47. The monoisotopic (exact) mass is 216 g/mol. The summed E-state index contributed by atoms with van der Waals surface area (Å²) in [7, 11) is 0. The molecule has 0 radical (unpaired) electrons. The standard InChI is InChI=1S/C8H7F3N4/c9-8(10,11)6-5(2-1-3-12)4-14-7(13)15-6/h4H,3,12H2,(H2,13,14,15). The van der Waals surface area contributed by atoms with Gasteiger partial charge in [-0.15, -0.1) is 0 Å². The molecule has 0 amide bonds. The molecule has 0 saturated heterocycles. The SMILES string of the molecule is NCC#Cc1cnc(N)nc1C(F)(F)F. The highest BCUT2D eigenvalue weighted by atomic mass is 19.4. The summed E-state index contributed by atoms with van der Waals surface area (Å²) in [5.41, 5.74) is 8.63. The zero-order valence-electron chi connectivity index (χ0n) is 7.47. The van der Waals surface area contributed by atoms with Gasteiger partial charge in [0.1, 0.15) is 0 Å². The van der Waals surface area contributed by atoms with Gasteiger partial charge in [0.2, 0.25) is 5.95 Å².